The molecule has 1 saturated carbocycles. The van der Waals surface area contributed by atoms with Crippen molar-refractivity contribution in [3.63, 3.8) is 0 Å². The summed E-state index contributed by atoms with van der Waals surface area (Å²) in [7, 11) is 5.99. The fraction of sp³-hybridized carbons (Fsp3) is 0.632. The lowest BCUT2D eigenvalue weighted by atomic mass is 9.84. The second-order valence-corrected chi connectivity index (χ2v) is 8.19. The summed E-state index contributed by atoms with van der Waals surface area (Å²) in [6.07, 6.45) is 2.78. The van der Waals surface area contributed by atoms with Crippen LogP contribution in [-0.4, -0.2) is 67.9 Å². The number of likely N-dealkylation sites (N-methyl/N-ethyl adjacent to an activating group) is 2. The Bertz CT molecular complexity index is 662. The third kappa shape index (κ3) is 4.18. The van der Waals surface area contributed by atoms with Crippen LogP contribution in [0.3, 0.4) is 0 Å². The maximum atomic E-state index is 12.9. The molecule has 1 amide bonds. The molecule has 2 aliphatic rings. The van der Waals surface area contributed by atoms with Crippen molar-refractivity contribution >= 4 is 29.1 Å². The Morgan fingerprint density at radius 2 is 1.85 bits per heavy atom. The van der Waals surface area contributed by atoms with Crippen LogP contribution in [0.5, 0.6) is 0 Å². The van der Waals surface area contributed by atoms with Crippen molar-refractivity contribution < 1.29 is 14.3 Å². The van der Waals surface area contributed by atoms with E-state index in [4.69, 9.17) is 32.7 Å². The van der Waals surface area contributed by atoms with Crippen LogP contribution in [0, 0.1) is 0 Å². The second kappa shape index (κ2) is 8.03. The minimum Gasteiger partial charge on any atom is -0.347 e. The van der Waals surface area contributed by atoms with Gasteiger partial charge in [0, 0.05) is 25.9 Å². The van der Waals surface area contributed by atoms with Crippen molar-refractivity contribution in [1.29, 1.82) is 0 Å². The molecule has 5 nitrogen and oxygen atoms in total. The summed E-state index contributed by atoms with van der Waals surface area (Å²) in [6.45, 7) is 1.25. The summed E-state index contributed by atoms with van der Waals surface area (Å²) in [5.41, 5.74) is 0.858. The SMILES string of the molecule is CN(C)[C@@H]1CCC2(C[C@H]1N(C)C(=O)Cc1ccc(Cl)c(Cl)c1)OCCO2. The molecule has 2 atom stereocenters. The number of amides is 1. The number of ether oxygens (including phenoxy) is 2. The number of halogens is 2. The number of benzene rings is 1. The predicted octanol–water partition coefficient (Wildman–Crippen LogP) is 3.22. The van der Waals surface area contributed by atoms with Crippen LogP contribution in [0.15, 0.2) is 18.2 Å². The molecule has 0 unspecified atom stereocenters. The summed E-state index contributed by atoms with van der Waals surface area (Å²) >= 11 is 12.0. The first-order chi connectivity index (χ1) is 12.3. The summed E-state index contributed by atoms with van der Waals surface area (Å²) in [6, 6.07) is 5.63. The lowest BCUT2D eigenvalue weighted by molar-refractivity contribution is -0.197. The molecule has 1 saturated heterocycles. The molecule has 0 N–H and O–H groups in total. The molecular weight excluding hydrogens is 375 g/mol. The van der Waals surface area contributed by atoms with Crippen molar-refractivity contribution in [2.45, 2.75) is 43.6 Å². The van der Waals surface area contributed by atoms with Crippen LogP contribution in [0.25, 0.3) is 0 Å². The summed E-state index contributed by atoms with van der Waals surface area (Å²) in [5, 5.41) is 0.962. The zero-order valence-corrected chi connectivity index (χ0v) is 17.0. The fourth-order valence-corrected chi connectivity index (χ4v) is 4.33. The Hall–Kier alpha value is -0.850. The van der Waals surface area contributed by atoms with Crippen LogP contribution in [0.1, 0.15) is 24.8 Å². The smallest absolute Gasteiger partial charge is 0.227 e. The second-order valence-electron chi connectivity index (χ2n) is 7.38. The maximum absolute atomic E-state index is 12.9. The Morgan fingerprint density at radius 3 is 2.46 bits per heavy atom. The molecule has 1 aromatic rings. The van der Waals surface area contributed by atoms with E-state index < -0.39 is 5.79 Å². The normalized spacial score (nSPS) is 25.0. The Labute approximate surface area is 165 Å². The Balaban J connectivity index is 1.74. The Kier molecular flexibility index (Phi) is 6.14. The third-order valence-corrected chi connectivity index (χ3v) is 6.23. The van der Waals surface area contributed by atoms with E-state index >= 15 is 0 Å². The standard InChI is InChI=1S/C19H26Cl2N2O3/c1-22(2)16-6-7-19(25-8-9-26-19)12-17(16)23(3)18(24)11-13-4-5-14(20)15(21)10-13/h4-5,10,16-17H,6-9,11-12H2,1-3H3/t16-,17-/m1/s1. The average Bonchev–Trinajstić information content (AvgIpc) is 3.05. The van der Waals surface area contributed by atoms with Crippen molar-refractivity contribution in [1.82, 2.24) is 9.80 Å². The molecule has 1 aromatic carbocycles. The molecule has 1 spiro atoms. The molecule has 2 fully saturated rings. The third-order valence-electron chi connectivity index (χ3n) is 5.49. The molecular formula is C19H26Cl2N2O3. The highest BCUT2D eigenvalue weighted by Crippen LogP contribution is 2.39. The van der Waals surface area contributed by atoms with Crippen LogP contribution >= 0.6 is 23.2 Å². The van der Waals surface area contributed by atoms with Gasteiger partial charge >= 0.3 is 0 Å². The van der Waals surface area contributed by atoms with Gasteiger partial charge < -0.3 is 19.3 Å². The van der Waals surface area contributed by atoms with Gasteiger partial charge in [0.15, 0.2) is 5.79 Å². The van der Waals surface area contributed by atoms with E-state index in [9.17, 15) is 4.79 Å². The molecule has 144 valence electrons. The van der Waals surface area contributed by atoms with E-state index in [1.165, 1.54) is 0 Å². The van der Waals surface area contributed by atoms with Gasteiger partial charge in [-0.1, -0.05) is 29.3 Å². The minimum absolute atomic E-state index is 0.0344. The highest BCUT2D eigenvalue weighted by atomic mass is 35.5. The number of carbonyl (C=O) groups excluding carboxylic acids is 1. The van der Waals surface area contributed by atoms with Gasteiger partial charge in [0.05, 0.1) is 35.7 Å². The number of hydrogen-bond donors (Lipinski definition) is 0. The van der Waals surface area contributed by atoms with E-state index in [1.54, 1.807) is 12.1 Å². The van der Waals surface area contributed by atoms with Crippen LogP contribution < -0.4 is 0 Å². The van der Waals surface area contributed by atoms with Gasteiger partial charge in [-0.3, -0.25) is 4.79 Å². The molecule has 1 aliphatic heterocycles. The van der Waals surface area contributed by atoms with Gasteiger partial charge in [-0.2, -0.15) is 0 Å². The van der Waals surface area contributed by atoms with Crippen molar-refractivity contribution in [2.75, 3.05) is 34.4 Å². The molecule has 7 heteroatoms. The number of carbonyl (C=O) groups is 1. The molecule has 0 bridgehead atoms. The zero-order chi connectivity index (χ0) is 18.9. The Morgan fingerprint density at radius 1 is 1.15 bits per heavy atom. The predicted molar refractivity (Wildman–Crippen MR) is 103 cm³/mol. The van der Waals surface area contributed by atoms with Gasteiger partial charge in [-0.05, 0) is 38.2 Å². The number of rotatable bonds is 4. The average molecular weight is 401 g/mol. The summed E-state index contributed by atoms with van der Waals surface area (Å²) in [5.74, 6) is -0.481. The summed E-state index contributed by atoms with van der Waals surface area (Å²) < 4.78 is 11.8. The van der Waals surface area contributed by atoms with Crippen molar-refractivity contribution in [2.24, 2.45) is 0 Å². The zero-order valence-electron chi connectivity index (χ0n) is 15.5. The molecule has 3 rings (SSSR count). The first kappa shape index (κ1) is 19.9. The monoisotopic (exact) mass is 400 g/mol. The van der Waals surface area contributed by atoms with E-state index in [-0.39, 0.29) is 18.0 Å². The molecule has 0 aromatic heterocycles. The highest BCUT2D eigenvalue weighted by Gasteiger charge is 2.47. The van der Waals surface area contributed by atoms with Gasteiger partial charge in [0.2, 0.25) is 5.91 Å². The van der Waals surface area contributed by atoms with Crippen LogP contribution in [-0.2, 0) is 20.7 Å². The topological polar surface area (TPSA) is 42.0 Å². The first-order valence-corrected chi connectivity index (χ1v) is 9.71. The first-order valence-electron chi connectivity index (χ1n) is 8.95. The van der Waals surface area contributed by atoms with Gasteiger partial charge in [0.25, 0.3) is 0 Å². The number of hydrogen-bond acceptors (Lipinski definition) is 4. The quantitative estimate of drug-likeness (QED) is 0.777. The van der Waals surface area contributed by atoms with Crippen LogP contribution in [0.2, 0.25) is 10.0 Å². The number of nitrogens with zero attached hydrogens (tertiary/aromatic N) is 2. The van der Waals surface area contributed by atoms with Crippen molar-refractivity contribution in [3.05, 3.63) is 33.8 Å². The molecule has 0 radical (unpaired) electrons. The highest BCUT2D eigenvalue weighted by molar-refractivity contribution is 6.42. The van der Waals surface area contributed by atoms with Crippen molar-refractivity contribution in [3.8, 4) is 0 Å². The molecule has 1 heterocycles. The molecule has 1 aliphatic carbocycles. The lowest BCUT2D eigenvalue weighted by Gasteiger charge is -2.47. The van der Waals surface area contributed by atoms with E-state index in [1.807, 2.05) is 18.0 Å². The maximum Gasteiger partial charge on any atom is 0.227 e. The largest absolute Gasteiger partial charge is 0.347 e. The lowest BCUT2D eigenvalue weighted by Crippen LogP contribution is -2.57. The minimum atomic E-state index is -0.532. The van der Waals surface area contributed by atoms with E-state index in [2.05, 4.69) is 19.0 Å². The van der Waals surface area contributed by atoms with Gasteiger partial charge in [0.1, 0.15) is 0 Å². The molecule has 26 heavy (non-hydrogen) atoms. The summed E-state index contributed by atoms with van der Waals surface area (Å²) in [4.78, 5) is 17.0. The van der Waals surface area contributed by atoms with Gasteiger partial charge in [-0.15, -0.1) is 0 Å². The van der Waals surface area contributed by atoms with E-state index in [0.29, 0.717) is 36.1 Å². The fourth-order valence-electron chi connectivity index (χ4n) is 4.01. The van der Waals surface area contributed by atoms with E-state index in [0.717, 1.165) is 18.4 Å². The van der Waals surface area contributed by atoms with Crippen LogP contribution in [0.4, 0.5) is 0 Å². The van der Waals surface area contributed by atoms with Gasteiger partial charge in [-0.25, -0.2) is 0 Å².